The smallest absolute Gasteiger partial charge is 0.250 e. The second-order valence-electron chi connectivity index (χ2n) is 4.71. The van der Waals surface area contributed by atoms with Gasteiger partial charge in [-0.2, -0.15) is 0 Å². The molecular weight excluding hydrogens is 286 g/mol. The summed E-state index contributed by atoms with van der Waals surface area (Å²) in [7, 11) is 0. The van der Waals surface area contributed by atoms with Crippen molar-refractivity contribution in [2.45, 2.75) is 18.6 Å². The van der Waals surface area contributed by atoms with Gasteiger partial charge in [0.15, 0.2) is 5.16 Å². The third-order valence-electron chi connectivity index (χ3n) is 3.20. The maximum absolute atomic E-state index is 11.6. The van der Waals surface area contributed by atoms with Crippen LogP contribution in [0.15, 0.2) is 35.6 Å². The van der Waals surface area contributed by atoms with E-state index in [9.17, 15) is 4.79 Å². The van der Waals surface area contributed by atoms with Gasteiger partial charge in [-0.1, -0.05) is 23.9 Å². The maximum atomic E-state index is 11.6. The largest absolute Gasteiger partial charge is 0.372 e. The molecule has 0 spiro atoms. The van der Waals surface area contributed by atoms with Crippen LogP contribution in [-0.2, 0) is 16.1 Å². The Morgan fingerprint density at radius 2 is 2.24 bits per heavy atom. The second-order valence-corrected chi connectivity index (χ2v) is 5.78. The van der Waals surface area contributed by atoms with Crippen LogP contribution in [0, 0.1) is 0 Å². The molecule has 6 heteroatoms. The molecule has 0 bridgehead atoms. The first-order chi connectivity index (χ1) is 10.3. The fourth-order valence-corrected chi connectivity index (χ4v) is 3.11. The molecule has 2 aromatic rings. The number of nitrogens with one attached hydrogen (secondary N) is 1. The van der Waals surface area contributed by atoms with Crippen molar-refractivity contribution in [3.63, 3.8) is 0 Å². The van der Waals surface area contributed by atoms with Crippen molar-refractivity contribution in [3.8, 4) is 11.3 Å². The van der Waals surface area contributed by atoms with Gasteiger partial charge in [0, 0.05) is 36.4 Å². The van der Waals surface area contributed by atoms with Crippen LogP contribution in [0.25, 0.3) is 11.3 Å². The average Bonchev–Trinajstić information content (AvgIpc) is 3.07. The van der Waals surface area contributed by atoms with E-state index in [-0.39, 0.29) is 12.5 Å². The molecule has 1 aromatic heterocycles. The molecule has 21 heavy (non-hydrogen) atoms. The third kappa shape index (κ3) is 3.28. The first-order valence-electron chi connectivity index (χ1n) is 6.94. The standard InChI is InChI=1S/C15H17N3O2S/c1-2-20-10-14(19)16-12-5-3-11(4-6-12)13-9-18-7-8-21-15(18)17-13/h3-6,9H,2,7-8,10H2,1H3,(H,16,19). The molecule has 1 N–H and O–H groups in total. The van der Waals surface area contributed by atoms with Gasteiger partial charge in [-0.3, -0.25) is 4.79 Å². The molecule has 0 saturated heterocycles. The van der Waals surface area contributed by atoms with E-state index in [1.54, 1.807) is 11.8 Å². The minimum Gasteiger partial charge on any atom is -0.372 e. The number of nitrogens with zero attached hydrogens (tertiary/aromatic N) is 2. The summed E-state index contributed by atoms with van der Waals surface area (Å²) in [6, 6.07) is 7.71. The van der Waals surface area contributed by atoms with Crippen molar-refractivity contribution in [2.75, 3.05) is 24.3 Å². The van der Waals surface area contributed by atoms with E-state index in [0.29, 0.717) is 6.61 Å². The summed E-state index contributed by atoms with van der Waals surface area (Å²) in [6.07, 6.45) is 2.08. The van der Waals surface area contributed by atoms with Crippen LogP contribution in [0.5, 0.6) is 0 Å². The van der Waals surface area contributed by atoms with E-state index < -0.39 is 0 Å². The van der Waals surface area contributed by atoms with Crippen LogP contribution >= 0.6 is 11.8 Å². The quantitative estimate of drug-likeness (QED) is 0.922. The van der Waals surface area contributed by atoms with Crippen LogP contribution in [0.4, 0.5) is 5.69 Å². The Kier molecular flexibility index (Phi) is 4.26. The minimum atomic E-state index is -0.137. The van der Waals surface area contributed by atoms with Gasteiger partial charge in [-0.15, -0.1) is 0 Å². The molecule has 0 aliphatic carbocycles. The van der Waals surface area contributed by atoms with Gasteiger partial charge >= 0.3 is 0 Å². The van der Waals surface area contributed by atoms with Crippen molar-refractivity contribution >= 4 is 23.4 Å². The molecule has 110 valence electrons. The highest BCUT2D eigenvalue weighted by Crippen LogP contribution is 2.29. The van der Waals surface area contributed by atoms with Crippen LogP contribution in [0.1, 0.15) is 6.92 Å². The number of aryl methyl sites for hydroxylation is 1. The summed E-state index contributed by atoms with van der Waals surface area (Å²) in [4.78, 5) is 16.2. The molecule has 1 aliphatic heterocycles. The summed E-state index contributed by atoms with van der Waals surface area (Å²) in [5.74, 6) is 0.968. The number of benzene rings is 1. The molecule has 1 aromatic carbocycles. The second kappa shape index (κ2) is 6.32. The lowest BCUT2D eigenvalue weighted by Gasteiger charge is -2.05. The molecule has 0 atom stereocenters. The Balaban J connectivity index is 1.67. The Morgan fingerprint density at radius 1 is 1.43 bits per heavy atom. The Morgan fingerprint density at radius 3 is 2.95 bits per heavy atom. The molecule has 0 radical (unpaired) electrons. The molecule has 0 saturated carbocycles. The van der Waals surface area contributed by atoms with E-state index >= 15 is 0 Å². The fourth-order valence-electron chi connectivity index (χ4n) is 2.16. The Hall–Kier alpha value is -1.79. The number of anilines is 1. The van der Waals surface area contributed by atoms with Crippen LogP contribution in [0.3, 0.4) is 0 Å². The van der Waals surface area contributed by atoms with E-state index in [0.717, 1.165) is 34.4 Å². The van der Waals surface area contributed by atoms with Gasteiger partial charge in [0.2, 0.25) is 5.91 Å². The molecule has 0 unspecified atom stereocenters. The normalized spacial score (nSPS) is 13.2. The van der Waals surface area contributed by atoms with E-state index in [2.05, 4.69) is 21.1 Å². The first kappa shape index (κ1) is 14.2. The predicted molar refractivity (Wildman–Crippen MR) is 83.5 cm³/mol. The molecular formula is C15H17N3O2S. The van der Waals surface area contributed by atoms with Gasteiger partial charge in [0.05, 0.1) is 5.69 Å². The molecule has 1 amide bonds. The third-order valence-corrected chi connectivity index (χ3v) is 4.18. The SMILES string of the molecule is CCOCC(=O)Nc1ccc(-c2cn3c(n2)SCC3)cc1. The Labute approximate surface area is 127 Å². The number of thioether (sulfide) groups is 1. The number of amides is 1. The number of carbonyl (C=O) groups excluding carboxylic acids is 1. The maximum Gasteiger partial charge on any atom is 0.250 e. The number of imidazole rings is 1. The molecule has 0 fully saturated rings. The highest BCUT2D eigenvalue weighted by atomic mass is 32.2. The number of hydrogen-bond donors (Lipinski definition) is 1. The van der Waals surface area contributed by atoms with Gasteiger partial charge in [0.1, 0.15) is 6.61 Å². The lowest BCUT2D eigenvalue weighted by Crippen LogP contribution is -2.18. The van der Waals surface area contributed by atoms with Gasteiger partial charge in [-0.25, -0.2) is 4.98 Å². The molecule has 1 aliphatic rings. The fraction of sp³-hybridized carbons (Fsp3) is 0.333. The number of rotatable bonds is 5. The lowest BCUT2D eigenvalue weighted by atomic mass is 10.1. The number of aromatic nitrogens is 2. The van der Waals surface area contributed by atoms with Crippen molar-refractivity contribution < 1.29 is 9.53 Å². The summed E-state index contributed by atoms with van der Waals surface area (Å²) < 4.78 is 7.25. The van der Waals surface area contributed by atoms with Crippen molar-refractivity contribution in [1.82, 2.24) is 9.55 Å². The van der Waals surface area contributed by atoms with Crippen molar-refractivity contribution in [3.05, 3.63) is 30.5 Å². The first-order valence-corrected chi connectivity index (χ1v) is 7.93. The number of ether oxygens (including phenoxy) is 1. The zero-order valence-electron chi connectivity index (χ0n) is 11.8. The van der Waals surface area contributed by atoms with E-state index in [1.165, 1.54) is 0 Å². The topological polar surface area (TPSA) is 56.1 Å². The zero-order chi connectivity index (χ0) is 14.7. The molecule has 2 heterocycles. The summed E-state index contributed by atoms with van der Waals surface area (Å²) in [5, 5.41) is 3.88. The molecule has 3 rings (SSSR count). The lowest BCUT2D eigenvalue weighted by molar-refractivity contribution is -0.120. The summed E-state index contributed by atoms with van der Waals surface area (Å²) >= 11 is 1.78. The number of hydrogen-bond acceptors (Lipinski definition) is 4. The predicted octanol–water partition coefficient (Wildman–Crippen LogP) is 2.63. The Bertz CT molecular complexity index is 615. The minimum absolute atomic E-state index is 0.0865. The van der Waals surface area contributed by atoms with Gasteiger partial charge in [-0.05, 0) is 19.1 Å². The van der Waals surface area contributed by atoms with Crippen LogP contribution in [0.2, 0.25) is 0 Å². The average molecular weight is 303 g/mol. The number of fused-ring (bicyclic) bond motifs is 1. The van der Waals surface area contributed by atoms with E-state index in [1.807, 2.05) is 31.2 Å². The number of carbonyl (C=O) groups is 1. The van der Waals surface area contributed by atoms with Crippen LogP contribution in [-0.4, -0.2) is 34.4 Å². The van der Waals surface area contributed by atoms with Crippen molar-refractivity contribution in [2.24, 2.45) is 0 Å². The van der Waals surface area contributed by atoms with Gasteiger partial charge < -0.3 is 14.6 Å². The van der Waals surface area contributed by atoms with Gasteiger partial charge in [0.25, 0.3) is 0 Å². The van der Waals surface area contributed by atoms with Crippen LogP contribution < -0.4 is 5.32 Å². The highest BCUT2D eigenvalue weighted by Gasteiger charge is 2.15. The summed E-state index contributed by atoms with van der Waals surface area (Å²) in [6.45, 7) is 3.51. The van der Waals surface area contributed by atoms with Crippen molar-refractivity contribution in [1.29, 1.82) is 0 Å². The molecule has 5 nitrogen and oxygen atoms in total. The monoisotopic (exact) mass is 303 g/mol. The zero-order valence-corrected chi connectivity index (χ0v) is 12.7. The van der Waals surface area contributed by atoms with E-state index in [4.69, 9.17) is 4.74 Å². The highest BCUT2D eigenvalue weighted by molar-refractivity contribution is 7.99. The summed E-state index contributed by atoms with van der Waals surface area (Å²) in [5.41, 5.74) is 2.80.